The molecule has 0 atom stereocenters. The van der Waals surface area contributed by atoms with E-state index in [2.05, 4.69) is 23.0 Å². The van der Waals surface area contributed by atoms with E-state index in [1.54, 1.807) is 28.4 Å². The van der Waals surface area contributed by atoms with Crippen LogP contribution in [0.3, 0.4) is 0 Å². The summed E-state index contributed by atoms with van der Waals surface area (Å²) in [4.78, 5) is 39.9. The van der Waals surface area contributed by atoms with Crippen molar-refractivity contribution in [2.24, 2.45) is 0 Å². The lowest BCUT2D eigenvalue weighted by Gasteiger charge is -2.34. The number of piperazine rings is 1. The van der Waals surface area contributed by atoms with Gasteiger partial charge >= 0.3 is 0 Å². The Hall–Kier alpha value is -2.39. The first-order chi connectivity index (χ1) is 14.0. The van der Waals surface area contributed by atoms with E-state index in [9.17, 15) is 9.59 Å². The third-order valence-electron chi connectivity index (χ3n) is 4.85. The molecule has 1 saturated heterocycles. The predicted octanol–water partition coefficient (Wildman–Crippen LogP) is 3.23. The summed E-state index contributed by atoms with van der Waals surface area (Å²) in [7, 11) is 0. The number of aromatic nitrogens is 2. The molecule has 0 radical (unpaired) electrons. The van der Waals surface area contributed by atoms with Crippen molar-refractivity contribution in [2.45, 2.75) is 25.3 Å². The summed E-state index contributed by atoms with van der Waals surface area (Å²) >= 11 is 3.15. The highest BCUT2D eigenvalue weighted by atomic mass is 32.2. The third kappa shape index (κ3) is 4.30. The number of fused-ring (bicyclic) bond motifs is 1. The van der Waals surface area contributed by atoms with Gasteiger partial charge in [0, 0.05) is 36.4 Å². The minimum atomic E-state index is -0.125. The number of hydrogen-bond donors (Lipinski definition) is 0. The van der Waals surface area contributed by atoms with Crippen molar-refractivity contribution >= 4 is 45.1 Å². The Kier molecular flexibility index (Phi) is 5.86. The minimum Gasteiger partial charge on any atom is -0.459 e. The predicted molar refractivity (Wildman–Crippen MR) is 113 cm³/mol. The Morgan fingerprint density at radius 2 is 1.97 bits per heavy atom. The monoisotopic (exact) mass is 430 g/mol. The van der Waals surface area contributed by atoms with Gasteiger partial charge in [-0.25, -0.2) is 9.97 Å². The van der Waals surface area contributed by atoms with Gasteiger partial charge in [-0.1, -0.05) is 18.7 Å². The number of carbonyl (C=O) groups excluding carboxylic acids is 2. The summed E-state index contributed by atoms with van der Waals surface area (Å²) < 4.78 is 5.18. The van der Waals surface area contributed by atoms with Crippen LogP contribution in [0.2, 0.25) is 0 Å². The maximum atomic E-state index is 12.7. The maximum Gasteiger partial charge on any atom is 0.289 e. The van der Waals surface area contributed by atoms with E-state index >= 15 is 0 Å². The maximum absolute atomic E-state index is 12.7. The molecule has 0 N–H and O–H groups in total. The van der Waals surface area contributed by atoms with Crippen LogP contribution in [0.15, 0.2) is 33.9 Å². The van der Waals surface area contributed by atoms with E-state index in [0.29, 0.717) is 37.7 Å². The van der Waals surface area contributed by atoms with Crippen LogP contribution in [0, 0.1) is 6.92 Å². The first kappa shape index (κ1) is 19.9. The molecule has 2 amide bonds. The number of thiophene rings is 1. The second kappa shape index (κ2) is 8.54. The van der Waals surface area contributed by atoms with Crippen LogP contribution < -0.4 is 0 Å². The van der Waals surface area contributed by atoms with Gasteiger partial charge in [0.1, 0.15) is 15.7 Å². The zero-order valence-corrected chi connectivity index (χ0v) is 18.0. The quantitative estimate of drug-likeness (QED) is 0.457. The summed E-state index contributed by atoms with van der Waals surface area (Å²) in [5.74, 6) is 1.33. The number of amides is 2. The zero-order chi connectivity index (χ0) is 20.4. The van der Waals surface area contributed by atoms with Crippen molar-refractivity contribution in [3.8, 4) is 0 Å². The lowest BCUT2D eigenvalue weighted by Crippen LogP contribution is -2.51. The molecule has 1 fully saturated rings. The smallest absolute Gasteiger partial charge is 0.289 e. The fraction of sp³-hybridized carbons (Fsp3) is 0.400. The van der Waals surface area contributed by atoms with Crippen molar-refractivity contribution in [3.05, 3.63) is 40.9 Å². The molecule has 4 rings (SSSR count). The van der Waals surface area contributed by atoms with Gasteiger partial charge in [0.2, 0.25) is 5.91 Å². The molecule has 0 saturated carbocycles. The summed E-state index contributed by atoms with van der Waals surface area (Å²) in [6, 6.07) is 5.49. The van der Waals surface area contributed by atoms with Crippen LogP contribution in [0.25, 0.3) is 10.2 Å². The molecule has 1 aliphatic rings. The van der Waals surface area contributed by atoms with Crippen molar-refractivity contribution in [3.63, 3.8) is 0 Å². The molecule has 0 spiro atoms. The summed E-state index contributed by atoms with van der Waals surface area (Å²) in [6.45, 7) is 6.09. The van der Waals surface area contributed by atoms with Crippen LogP contribution in [0.1, 0.15) is 28.2 Å². The Balaban J connectivity index is 1.36. The standard InChI is InChI=1S/C20H22N4O3S2/c1-3-14-11-15-18(21-13(2)22-19(15)29-14)28-12-17(25)23-6-8-24(9-7-23)20(26)16-5-4-10-27-16/h4-5,10-11H,3,6-9,12H2,1-2H3. The molecule has 0 bridgehead atoms. The highest BCUT2D eigenvalue weighted by Gasteiger charge is 2.26. The van der Waals surface area contributed by atoms with Crippen molar-refractivity contribution in [2.75, 3.05) is 31.9 Å². The van der Waals surface area contributed by atoms with Gasteiger partial charge in [-0.15, -0.1) is 11.3 Å². The lowest BCUT2D eigenvalue weighted by molar-refractivity contribution is -0.129. The molecule has 152 valence electrons. The molecular formula is C20H22N4O3S2. The first-order valence-electron chi connectivity index (χ1n) is 9.55. The van der Waals surface area contributed by atoms with E-state index in [1.807, 2.05) is 11.8 Å². The highest BCUT2D eigenvalue weighted by Crippen LogP contribution is 2.32. The third-order valence-corrected chi connectivity index (χ3v) is 7.00. The molecule has 7 nitrogen and oxygen atoms in total. The van der Waals surface area contributed by atoms with E-state index in [4.69, 9.17) is 4.42 Å². The average Bonchev–Trinajstić information content (AvgIpc) is 3.41. The molecule has 3 aromatic heterocycles. The van der Waals surface area contributed by atoms with Crippen molar-refractivity contribution < 1.29 is 14.0 Å². The van der Waals surface area contributed by atoms with Gasteiger partial charge < -0.3 is 14.2 Å². The first-order valence-corrected chi connectivity index (χ1v) is 11.4. The average molecular weight is 431 g/mol. The van der Waals surface area contributed by atoms with Gasteiger partial charge in [-0.2, -0.15) is 0 Å². The highest BCUT2D eigenvalue weighted by molar-refractivity contribution is 8.00. The number of rotatable bonds is 5. The summed E-state index contributed by atoms with van der Waals surface area (Å²) in [5.41, 5.74) is 0. The van der Waals surface area contributed by atoms with Crippen molar-refractivity contribution in [1.29, 1.82) is 0 Å². The van der Waals surface area contributed by atoms with Gasteiger partial charge in [0.25, 0.3) is 5.91 Å². The molecule has 29 heavy (non-hydrogen) atoms. The Morgan fingerprint density at radius 1 is 1.21 bits per heavy atom. The van der Waals surface area contributed by atoms with Gasteiger partial charge in [0.15, 0.2) is 5.76 Å². The van der Waals surface area contributed by atoms with Crippen LogP contribution in [-0.4, -0.2) is 63.5 Å². The summed E-state index contributed by atoms with van der Waals surface area (Å²) in [6.07, 6.45) is 2.46. The molecule has 1 aliphatic heterocycles. The van der Waals surface area contributed by atoms with E-state index in [1.165, 1.54) is 22.9 Å². The Labute approximate surface area is 177 Å². The summed E-state index contributed by atoms with van der Waals surface area (Å²) in [5, 5.41) is 1.90. The molecule has 4 heterocycles. The number of hydrogen-bond acceptors (Lipinski definition) is 7. The number of nitrogens with zero attached hydrogens (tertiary/aromatic N) is 4. The van der Waals surface area contributed by atoms with Crippen molar-refractivity contribution in [1.82, 2.24) is 19.8 Å². The minimum absolute atomic E-state index is 0.0652. The second-order valence-electron chi connectivity index (χ2n) is 6.80. The van der Waals surface area contributed by atoms with Crippen LogP contribution in [-0.2, 0) is 11.2 Å². The fourth-order valence-corrected chi connectivity index (χ4v) is 5.30. The normalized spacial score (nSPS) is 14.6. The number of aryl methyl sites for hydroxylation is 2. The molecule has 3 aromatic rings. The SMILES string of the molecule is CCc1cc2c(SCC(=O)N3CCN(C(=O)c4ccco4)CC3)nc(C)nc2s1. The van der Waals surface area contributed by atoms with E-state index < -0.39 is 0 Å². The Morgan fingerprint density at radius 3 is 2.66 bits per heavy atom. The number of thioether (sulfide) groups is 1. The van der Waals surface area contributed by atoms with Crippen LogP contribution in [0.5, 0.6) is 0 Å². The number of furan rings is 1. The van der Waals surface area contributed by atoms with E-state index in [-0.39, 0.29) is 11.8 Å². The van der Waals surface area contributed by atoms with Gasteiger partial charge in [0.05, 0.1) is 12.0 Å². The van der Waals surface area contributed by atoms with Gasteiger partial charge in [-0.3, -0.25) is 9.59 Å². The van der Waals surface area contributed by atoms with Gasteiger partial charge in [-0.05, 0) is 31.5 Å². The van der Waals surface area contributed by atoms with Crippen LogP contribution in [0.4, 0.5) is 0 Å². The largest absolute Gasteiger partial charge is 0.459 e. The lowest BCUT2D eigenvalue weighted by atomic mass is 10.3. The topological polar surface area (TPSA) is 79.5 Å². The molecule has 0 aromatic carbocycles. The molecule has 9 heteroatoms. The Bertz CT molecular complexity index is 1020. The fourth-order valence-electron chi connectivity index (χ4n) is 3.27. The molecule has 0 unspecified atom stereocenters. The zero-order valence-electron chi connectivity index (χ0n) is 16.4. The second-order valence-corrected chi connectivity index (χ2v) is 8.88. The molecule has 0 aliphatic carbocycles. The van der Waals surface area contributed by atoms with E-state index in [0.717, 1.165) is 27.5 Å². The molecular weight excluding hydrogens is 408 g/mol. The van der Waals surface area contributed by atoms with Crippen LogP contribution >= 0.6 is 23.1 Å². The number of carbonyl (C=O) groups is 2.